The maximum atomic E-state index is 11.6. The van der Waals surface area contributed by atoms with Crippen molar-refractivity contribution in [1.82, 2.24) is 0 Å². The first kappa shape index (κ1) is 10.7. The average molecular weight is 208 g/mol. The van der Waals surface area contributed by atoms with Crippen LogP contribution < -0.4 is 0 Å². The smallest absolute Gasteiger partial charge is 0.311 e. The number of rotatable bonds is 2. The number of carbonyl (C=O) groups is 1. The highest BCUT2D eigenvalue weighted by molar-refractivity contribution is 5.75. The minimum Gasteiger partial charge on any atom is -0.465 e. The number of carbonyl (C=O) groups excluding carboxylic acids is 1. The van der Waals surface area contributed by atoms with Gasteiger partial charge in [-0.15, -0.1) is 0 Å². The van der Waals surface area contributed by atoms with Gasteiger partial charge in [-0.05, 0) is 51.4 Å². The van der Waals surface area contributed by atoms with Crippen molar-refractivity contribution in [3.63, 3.8) is 0 Å². The van der Waals surface area contributed by atoms with Crippen molar-refractivity contribution in [2.75, 3.05) is 6.61 Å². The van der Waals surface area contributed by atoms with Gasteiger partial charge in [0.25, 0.3) is 0 Å². The summed E-state index contributed by atoms with van der Waals surface area (Å²) >= 11 is 0. The molecular formula is C13H20O2. The molecule has 2 nitrogen and oxygen atoms in total. The second-order valence-electron chi connectivity index (χ2n) is 5.89. The largest absolute Gasteiger partial charge is 0.465 e. The molecule has 0 aromatic rings. The summed E-state index contributed by atoms with van der Waals surface area (Å²) in [7, 11) is 0. The normalized spacial score (nSPS) is 33.4. The van der Waals surface area contributed by atoms with E-state index >= 15 is 0 Å². The van der Waals surface area contributed by atoms with Gasteiger partial charge in [0.15, 0.2) is 0 Å². The molecule has 2 aliphatic carbocycles. The molecule has 1 saturated carbocycles. The van der Waals surface area contributed by atoms with Crippen LogP contribution in [0, 0.1) is 23.2 Å². The van der Waals surface area contributed by atoms with E-state index < -0.39 is 0 Å². The lowest BCUT2D eigenvalue weighted by Crippen LogP contribution is -2.26. The lowest BCUT2D eigenvalue weighted by atomic mass is 9.94. The van der Waals surface area contributed by atoms with Gasteiger partial charge < -0.3 is 4.74 Å². The fourth-order valence-electron chi connectivity index (χ4n) is 2.49. The number of hydrogen-bond acceptors (Lipinski definition) is 2. The van der Waals surface area contributed by atoms with Crippen LogP contribution in [-0.4, -0.2) is 12.6 Å². The summed E-state index contributed by atoms with van der Waals surface area (Å²) in [5, 5.41) is 0. The maximum absolute atomic E-state index is 11.6. The minimum atomic E-state index is -0.368. The second-order valence-corrected chi connectivity index (χ2v) is 5.89. The van der Waals surface area contributed by atoms with Crippen LogP contribution in [0.5, 0.6) is 0 Å². The van der Waals surface area contributed by atoms with Gasteiger partial charge in [0.2, 0.25) is 0 Å². The summed E-state index contributed by atoms with van der Waals surface area (Å²) in [4.78, 5) is 11.6. The van der Waals surface area contributed by atoms with Crippen molar-refractivity contribution in [3.05, 3.63) is 12.2 Å². The van der Waals surface area contributed by atoms with Crippen LogP contribution in [0.3, 0.4) is 0 Å². The van der Waals surface area contributed by atoms with E-state index in [1.807, 2.05) is 20.8 Å². The molecule has 3 atom stereocenters. The minimum absolute atomic E-state index is 0.0748. The molecule has 15 heavy (non-hydrogen) atoms. The predicted octanol–water partition coefficient (Wildman–Crippen LogP) is 2.79. The van der Waals surface area contributed by atoms with Crippen LogP contribution >= 0.6 is 0 Å². The molecule has 2 aliphatic rings. The van der Waals surface area contributed by atoms with Gasteiger partial charge in [-0.1, -0.05) is 12.2 Å². The quantitative estimate of drug-likeness (QED) is 0.515. The molecule has 1 fully saturated rings. The molecule has 0 aliphatic heterocycles. The summed E-state index contributed by atoms with van der Waals surface area (Å²) < 4.78 is 5.37. The molecular weight excluding hydrogens is 188 g/mol. The van der Waals surface area contributed by atoms with Crippen LogP contribution in [0.15, 0.2) is 12.2 Å². The van der Waals surface area contributed by atoms with E-state index in [1.54, 1.807) is 0 Å². The third-order valence-corrected chi connectivity index (χ3v) is 3.46. The highest BCUT2D eigenvalue weighted by atomic mass is 16.5. The lowest BCUT2D eigenvalue weighted by molar-refractivity contribution is -0.154. The summed E-state index contributed by atoms with van der Waals surface area (Å²) in [5.41, 5.74) is -0.368. The van der Waals surface area contributed by atoms with Crippen molar-refractivity contribution < 1.29 is 9.53 Å². The average Bonchev–Trinajstić information content (AvgIpc) is 2.73. The van der Waals surface area contributed by atoms with E-state index in [9.17, 15) is 4.79 Å². The molecule has 0 aromatic heterocycles. The van der Waals surface area contributed by atoms with Gasteiger partial charge in [-0.3, -0.25) is 4.79 Å². The molecule has 2 rings (SSSR count). The zero-order chi connectivity index (χ0) is 11.1. The second kappa shape index (κ2) is 3.66. The SMILES string of the molecule is CC(C)(C)C(=O)OCC1CC2C=CC1C2. The Labute approximate surface area is 91.7 Å². The summed E-state index contributed by atoms with van der Waals surface area (Å²) in [6.45, 7) is 6.31. The summed E-state index contributed by atoms with van der Waals surface area (Å²) in [6.07, 6.45) is 7.09. The van der Waals surface area contributed by atoms with E-state index in [4.69, 9.17) is 4.74 Å². The van der Waals surface area contributed by atoms with Gasteiger partial charge in [-0.2, -0.15) is 0 Å². The third-order valence-electron chi connectivity index (χ3n) is 3.46. The van der Waals surface area contributed by atoms with Crippen LogP contribution in [0.2, 0.25) is 0 Å². The first-order chi connectivity index (χ1) is 6.97. The molecule has 2 heteroatoms. The van der Waals surface area contributed by atoms with E-state index in [0.717, 1.165) is 5.92 Å². The Hall–Kier alpha value is -0.790. The van der Waals surface area contributed by atoms with Crippen molar-refractivity contribution >= 4 is 5.97 Å². The highest BCUT2D eigenvalue weighted by Crippen LogP contribution is 2.43. The number of fused-ring (bicyclic) bond motifs is 2. The zero-order valence-corrected chi connectivity index (χ0v) is 9.82. The maximum Gasteiger partial charge on any atom is 0.311 e. The number of hydrogen-bond donors (Lipinski definition) is 0. The monoisotopic (exact) mass is 208 g/mol. The molecule has 0 spiro atoms. The predicted molar refractivity (Wildman–Crippen MR) is 59.3 cm³/mol. The van der Waals surface area contributed by atoms with Gasteiger partial charge in [0.05, 0.1) is 12.0 Å². The lowest BCUT2D eigenvalue weighted by Gasteiger charge is -2.21. The standard InChI is InChI=1S/C13H20O2/c1-13(2,3)12(14)15-8-11-7-9-4-5-10(11)6-9/h4-5,9-11H,6-8H2,1-3H3. The number of allylic oxidation sites excluding steroid dienone is 2. The topological polar surface area (TPSA) is 26.3 Å². The first-order valence-electron chi connectivity index (χ1n) is 5.82. The van der Waals surface area contributed by atoms with Gasteiger partial charge in [0, 0.05) is 0 Å². The van der Waals surface area contributed by atoms with Crippen LogP contribution in [0.1, 0.15) is 33.6 Å². The Morgan fingerprint density at radius 2 is 2.07 bits per heavy atom. The first-order valence-corrected chi connectivity index (χ1v) is 5.82. The number of esters is 1. The highest BCUT2D eigenvalue weighted by Gasteiger charge is 2.36. The van der Waals surface area contributed by atoms with E-state index in [0.29, 0.717) is 18.4 Å². The molecule has 84 valence electrons. The third kappa shape index (κ3) is 2.24. The molecule has 0 aromatic carbocycles. The molecule has 0 radical (unpaired) electrons. The van der Waals surface area contributed by atoms with Crippen LogP contribution in [-0.2, 0) is 9.53 Å². The molecule has 2 bridgehead atoms. The number of ether oxygens (including phenoxy) is 1. The molecule has 0 amide bonds. The van der Waals surface area contributed by atoms with Crippen LogP contribution in [0.4, 0.5) is 0 Å². The Bertz CT molecular complexity index is 285. The fourth-order valence-corrected chi connectivity index (χ4v) is 2.49. The van der Waals surface area contributed by atoms with E-state index in [1.165, 1.54) is 12.8 Å². The van der Waals surface area contributed by atoms with E-state index in [-0.39, 0.29) is 11.4 Å². The fraction of sp³-hybridized carbons (Fsp3) is 0.769. The van der Waals surface area contributed by atoms with E-state index in [2.05, 4.69) is 12.2 Å². The Morgan fingerprint density at radius 1 is 1.33 bits per heavy atom. The van der Waals surface area contributed by atoms with Gasteiger partial charge in [0.1, 0.15) is 0 Å². The van der Waals surface area contributed by atoms with Gasteiger partial charge >= 0.3 is 5.97 Å². The molecule has 0 saturated heterocycles. The van der Waals surface area contributed by atoms with Gasteiger partial charge in [-0.25, -0.2) is 0 Å². The van der Waals surface area contributed by atoms with Crippen molar-refractivity contribution in [1.29, 1.82) is 0 Å². The molecule has 3 unspecified atom stereocenters. The summed E-state index contributed by atoms with van der Waals surface area (Å²) in [6, 6.07) is 0. The van der Waals surface area contributed by atoms with Crippen molar-refractivity contribution in [2.24, 2.45) is 23.2 Å². The Kier molecular flexibility index (Phi) is 2.61. The Balaban J connectivity index is 1.80. The molecule has 0 N–H and O–H groups in total. The van der Waals surface area contributed by atoms with Crippen molar-refractivity contribution in [3.8, 4) is 0 Å². The summed E-state index contributed by atoms with van der Waals surface area (Å²) in [5.74, 6) is 1.93. The van der Waals surface area contributed by atoms with Crippen molar-refractivity contribution in [2.45, 2.75) is 33.6 Å². The van der Waals surface area contributed by atoms with Crippen LogP contribution in [0.25, 0.3) is 0 Å². The zero-order valence-electron chi connectivity index (χ0n) is 9.82. The Morgan fingerprint density at radius 3 is 2.53 bits per heavy atom. The molecule has 0 heterocycles.